The Labute approximate surface area is 197 Å². The van der Waals surface area contributed by atoms with Gasteiger partial charge in [0.25, 0.3) is 0 Å². The zero-order valence-electron chi connectivity index (χ0n) is 18.8. The second-order valence-electron chi connectivity index (χ2n) is 8.71. The summed E-state index contributed by atoms with van der Waals surface area (Å²) < 4.78 is 31.7. The van der Waals surface area contributed by atoms with E-state index in [9.17, 15) is 23.5 Å². The third-order valence-electron chi connectivity index (χ3n) is 6.42. The van der Waals surface area contributed by atoms with Crippen LogP contribution in [0.5, 0.6) is 5.75 Å². The fraction of sp³-hybridized carbons (Fsp3) is 0.440. The number of carbonyl (C=O) groups excluding carboxylic acids is 2. The minimum atomic E-state index is -0.904. The van der Waals surface area contributed by atoms with E-state index in [1.54, 1.807) is 21.9 Å². The summed E-state index contributed by atoms with van der Waals surface area (Å²) in [7, 11) is 0. The summed E-state index contributed by atoms with van der Waals surface area (Å²) in [4.78, 5) is 29.4. The van der Waals surface area contributed by atoms with Crippen LogP contribution in [0.1, 0.15) is 31.2 Å². The molecule has 4 rings (SSSR count). The van der Waals surface area contributed by atoms with Crippen LogP contribution in [-0.4, -0.2) is 64.7 Å². The Bertz CT molecular complexity index is 987. The van der Waals surface area contributed by atoms with Gasteiger partial charge in [-0.15, -0.1) is 0 Å². The first-order valence-electron chi connectivity index (χ1n) is 11.6. The molecule has 2 aliphatic rings. The van der Waals surface area contributed by atoms with Crippen LogP contribution in [0.15, 0.2) is 48.5 Å². The minimum absolute atomic E-state index is 0.0212. The zero-order valence-corrected chi connectivity index (χ0v) is 18.8. The molecule has 7 nitrogen and oxygen atoms in total. The molecular weight excluding hydrogens is 444 g/mol. The maximum atomic E-state index is 13.4. The van der Waals surface area contributed by atoms with Crippen LogP contribution in [0.3, 0.4) is 0 Å². The Morgan fingerprint density at radius 1 is 0.971 bits per heavy atom. The van der Waals surface area contributed by atoms with Gasteiger partial charge in [0.15, 0.2) is 0 Å². The normalized spacial score (nSPS) is 20.9. The summed E-state index contributed by atoms with van der Waals surface area (Å²) in [5, 5.41) is 13.5. The van der Waals surface area contributed by atoms with Crippen LogP contribution in [0.4, 0.5) is 13.6 Å². The molecule has 0 bridgehead atoms. The highest BCUT2D eigenvalue weighted by Crippen LogP contribution is 2.27. The lowest BCUT2D eigenvalue weighted by molar-refractivity contribution is -0.138. The largest absolute Gasteiger partial charge is 0.491 e. The lowest BCUT2D eigenvalue weighted by Gasteiger charge is -2.33. The minimum Gasteiger partial charge on any atom is -0.491 e. The van der Waals surface area contributed by atoms with E-state index in [4.69, 9.17) is 4.74 Å². The molecule has 0 aromatic heterocycles. The number of aliphatic hydroxyl groups excluding tert-OH is 1. The fourth-order valence-electron chi connectivity index (χ4n) is 4.63. The van der Waals surface area contributed by atoms with E-state index >= 15 is 0 Å². The highest BCUT2D eigenvalue weighted by Gasteiger charge is 2.42. The number of carbonyl (C=O) groups is 2. The first kappa shape index (κ1) is 23.9. The standard InChI is InChI=1S/C25H29F2N3O4/c26-18-7-5-17(6-8-18)15-28-25(33)30-14-2-4-22(30)24(32)29-13-1-3-21(29)23(31)16-34-20-11-9-19(27)10-12-20/h5-12,21-23,31H,1-4,13-16H2,(H,28,33)/t21-,22+,23?/m0/s1. The van der Waals surface area contributed by atoms with Gasteiger partial charge in [-0.25, -0.2) is 13.6 Å². The van der Waals surface area contributed by atoms with Crippen molar-refractivity contribution in [3.8, 4) is 5.75 Å². The van der Waals surface area contributed by atoms with Gasteiger partial charge in [-0.2, -0.15) is 0 Å². The SMILES string of the molecule is O=C(NCc1ccc(F)cc1)N1CCC[C@@H]1C(=O)N1CCC[C@H]1C(O)COc1ccc(F)cc1. The number of benzene rings is 2. The molecule has 9 heteroatoms. The van der Waals surface area contributed by atoms with Crippen molar-refractivity contribution in [2.45, 2.75) is 50.4 Å². The molecule has 2 saturated heterocycles. The topological polar surface area (TPSA) is 82.1 Å². The van der Waals surface area contributed by atoms with Gasteiger partial charge in [0.2, 0.25) is 5.91 Å². The molecule has 0 aliphatic carbocycles. The van der Waals surface area contributed by atoms with Crippen LogP contribution in [-0.2, 0) is 11.3 Å². The van der Waals surface area contributed by atoms with E-state index in [1.807, 2.05) is 0 Å². The molecule has 2 aliphatic heterocycles. The predicted molar refractivity (Wildman–Crippen MR) is 121 cm³/mol. The van der Waals surface area contributed by atoms with Crippen molar-refractivity contribution in [3.05, 3.63) is 65.7 Å². The van der Waals surface area contributed by atoms with Crippen molar-refractivity contribution in [1.29, 1.82) is 0 Å². The van der Waals surface area contributed by atoms with E-state index in [-0.39, 0.29) is 36.7 Å². The average molecular weight is 474 g/mol. The first-order valence-corrected chi connectivity index (χ1v) is 11.6. The zero-order chi connectivity index (χ0) is 24.1. The van der Waals surface area contributed by atoms with E-state index in [0.717, 1.165) is 18.4 Å². The van der Waals surface area contributed by atoms with Gasteiger partial charge in [-0.1, -0.05) is 12.1 Å². The number of urea groups is 1. The van der Waals surface area contributed by atoms with Gasteiger partial charge in [0, 0.05) is 19.6 Å². The van der Waals surface area contributed by atoms with Crippen molar-refractivity contribution < 1.29 is 28.2 Å². The number of likely N-dealkylation sites (tertiary alicyclic amines) is 2. The first-order chi connectivity index (χ1) is 16.4. The Balaban J connectivity index is 1.33. The van der Waals surface area contributed by atoms with Crippen LogP contribution in [0.2, 0.25) is 0 Å². The van der Waals surface area contributed by atoms with E-state index in [2.05, 4.69) is 5.32 Å². The number of aliphatic hydroxyl groups is 1. The number of nitrogens with zero attached hydrogens (tertiary/aromatic N) is 2. The maximum absolute atomic E-state index is 13.4. The third-order valence-corrected chi connectivity index (χ3v) is 6.42. The van der Waals surface area contributed by atoms with Gasteiger partial charge in [0.1, 0.15) is 36.1 Å². The lowest BCUT2D eigenvalue weighted by atomic mass is 10.1. The molecule has 182 valence electrons. The van der Waals surface area contributed by atoms with Crippen molar-refractivity contribution in [1.82, 2.24) is 15.1 Å². The van der Waals surface area contributed by atoms with E-state index in [1.165, 1.54) is 36.4 Å². The molecule has 3 amide bonds. The van der Waals surface area contributed by atoms with Gasteiger partial charge in [-0.05, 0) is 67.6 Å². The van der Waals surface area contributed by atoms with E-state index < -0.39 is 18.2 Å². The number of rotatable bonds is 7. The summed E-state index contributed by atoms with van der Waals surface area (Å²) in [5.74, 6) is -0.442. The number of ether oxygens (including phenoxy) is 1. The van der Waals surface area contributed by atoms with Crippen molar-refractivity contribution >= 4 is 11.9 Å². The Morgan fingerprint density at radius 3 is 2.29 bits per heavy atom. The molecule has 0 spiro atoms. The molecule has 0 radical (unpaired) electrons. The Morgan fingerprint density at radius 2 is 1.59 bits per heavy atom. The van der Waals surface area contributed by atoms with Crippen molar-refractivity contribution in [2.75, 3.05) is 19.7 Å². The van der Waals surface area contributed by atoms with Crippen LogP contribution in [0, 0.1) is 11.6 Å². The summed E-state index contributed by atoms with van der Waals surface area (Å²) in [5.41, 5.74) is 0.765. The van der Waals surface area contributed by atoms with Gasteiger partial charge < -0.3 is 25.0 Å². The molecule has 1 unspecified atom stereocenters. The van der Waals surface area contributed by atoms with Gasteiger partial charge in [0.05, 0.1) is 6.04 Å². The number of halogens is 2. The highest BCUT2D eigenvalue weighted by atomic mass is 19.1. The smallest absolute Gasteiger partial charge is 0.318 e. The van der Waals surface area contributed by atoms with Crippen LogP contribution >= 0.6 is 0 Å². The molecular formula is C25H29F2N3O4. The summed E-state index contributed by atoms with van der Waals surface area (Å²) in [6.07, 6.45) is 1.78. The highest BCUT2D eigenvalue weighted by molar-refractivity contribution is 5.88. The molecule has 3 atom stereocenters. The molecule has 34 heavy (non-hydrogen) atoms. The second kappa shape index (κ2) is 10.8. The second-order valence-corrected chi connectivity index (χ2v) is 8.71. The van der Waals surface area contributed by atoms with Gasteiger partial charge in [-0.3, -0.25) is 4.79 Å². The monoisotopic (exact) mass is 473 g/mol. The fourth-order valence-corrected chi connectivity index (χ4v) is 4.63. The molecule has 0 saturated carbocycles. The van der Waals surface area contributed by atoms with Crippen molar-refractivity contribution in [3.63, 3.8) is 0 Å². The number of nitrogens with one attached hydrogen (secondary N) is 1. The van der Waals surface area contributed by atoms with Crippen LogP contribution in [0.25, 0.3) is 0 Å². The summed E-state index contributed by atoms with van der Waals surface area (Å²) >= 11 is 0. The van der Waals surface area contributed by atoms with E-state index in [0.29, 0.717) is 31.7 Å². The average Bonchev–Trinajstić information content (AvgIpc) is 3.53. The maximum Gasteiger partial charge on any atom is 0.318 e. The lowest BCUT2D eigenvalue weighted by Crippen LogP contribution is -2.54. The summed E-state index contributed by atoms with van der Waals surface area (Å²) in [6.45, 7) is 1.20. The number of amides is 3. The third kappa shape index (κ3) is 5.64. The van der Waals surface area contributed by atoms with Crippen LogP contribution < -0.4 is 10.1 Å². The molecule has 2 heterocycles. The van der Waals surface area contributed by atoms with Gasteiger partial charge >= 0.3 is 6.03 Å². The molecule has 2 aromatic rings. The predicted octanol–water partition coefficient (Wildman–Crippen LogP) is 3.07. The molecule has 2 fully saturated rings. The molecule has 2 aromatic carbocycles. The quantitative estimate of drug-likeness (QED) is 0.648. The van der Waals surface area contributed by atoms with Crippen molar-refractivity contribution in [2.24, 2.45) is 0 Å². The Kier molecular flexibility index (Phi) is 7.62. The number of hydrogen-bond acceptors (Lipinski definition) is 4. The number of hydrogen-bond donors (Lipinski definition) is 2. The Hall–Kier alpha value is -3.20. The molecule has 2 N–H and O–H groups in total. The summed E-state index contributed by atoms with van der Waals surface area (Å²) in [6, 6.07) is 10.1.